The maximum atomic E-state index is 14.3. The number of H-pyrrole nitrogens is 2. The topological polar surface area (TPSA) is 175 Å². The molecule has 8 rings (SSSR count). The second-order valence-electron chi connectivity index (χ2n) is 16.4. The molecule has 4 aromatic carbocycles. The molecule has 2 aromatic heterocycles. The third kappa shape index (κ3) is 8.26. The van der Waals surface area contributed by atoms with Crippen LogP contribution in [0.15, 0.2) is 91.1 Å². The van der Waals surface area contributed by atoms with Gasteiger partial charge in [-0.25, -0.2) is 19.6 Å². The molecule has 1 saturated heterocycles. The van der Waals surface area contributed by atoms with Crippen molar-refractivity contribution in [3.05, 3.63) is 108 Å². The minimum absolute atomic E-state index is 0.0713. The van der Waals surface area contributed by atoms with E-state index in [0.29, 0.717) is 17.9 Å². The summed E-state index contributed by atoms with van der Waals surface area (Å²) in [4.78, 5) is 72.7. The number of methoxy groups -OCH3 is 2. The summed E-state index contributed by atoms with van der Waals surface area (Å²) >= 11 is 0. The van der Waals surface area contributed by atoms with Crippen LogP contribution in [0.4, 0.5) is 9.59 Å². The summed E-state index contributed by atoms with van der Waals surface area (Å²) in [5.41, 5.74) is 6.35. The predicted molar refractivity (Wildman–Crippen MR) is 232 cm³/mol. The number of likely N-dealkylation sites (tertiary alicyclic amines) is 1. The lowest BCUT2D eigenvalue weighted by Crippen LogP contribution is -2.51. The fraction of sp³-hybridized carbons (Fsp3) is 0.362. The van der Waals surface area contributed by atoms with Crippen LogP contribution in [-0.4, -0.2) is 86.6 Å². The fourth-order valence-corrected chi connectivity index (χ4v) is 9.12. The van der Waals surface area contributed by atoms with E-state index in [1.807, 2.05) is 68.3 Å². The summed E-state index contributed by atoms with van der Waals surface area (Å²) in [6, 6.07) is 26.3. The lowest BCUT2D eigenvalue weighted by atomic mass is 9.96. The van der Waals surface area contributed by atoms with Gasteiger partial charge in [0.25, 0.3) is 5.91 Å². The van der Waals surface area contributed by atoms with Gasteiger partial charge >= 0.3 is 12.2 Å². The zero-order valence-corrected chi connectivity index (χ0v) is 35.1. The Bertz CT molecular complexity index is 2550. The second kappa shape index (κ2) is 17.5. The molecule has 316 valence electrons. The van der Waals surface area contributed by atoms with Gasteiger partial charge in [-0.2, -0.15) is 0 Å². The average Bonchev–Trinajstić information content (AvgIpc) is 4.11. The van der Waals surface area contributed by atoms with Crippen LogP contribution >= 0.6 is 0 Å². The lowest BCUT2D eigenvalue weighted by molar-refractivity contribution is -0.138. The molecule has 1 aliphatic carbocycles. The molecule has 1 aliphatic heterocycles. The zero-order chi connectivity index (χ0) is 42.8. The molecule has 3 heterocycles. The van der Waals surface area contributed by atoms with Crippen LogP contribution in [0.1, 0.15) is 75.8 Å². The maximum absolute atomic E-state index is 14.3. The molecular weight excluding hydrogens is 773 g/mol. The number of aromatic nitrogens is 4. The van der Waals surface area contributed by atoms with Crippen molar-refractivity contribution in [3.8, 4) is 22.4 Å². The highest BCUT2D eigenvalue weighted by atomic mass is 16.5. The van der Waals surface area contributed by atoms with Gasteiger partial charge in [0.1, 0.15) is 23.7 Å². The van der Waals surface area contributed by atoms with Crippen LogP contribution < -0.4 is 10.6 Å². The summed E-state index contributed by atoms with van der Waals surface area (Å²) in [6.07, 6.45) is 4.12. The molecule has 4 N–H and O–H groups in total. The van der Waals surface area contributed by atoms with Crippen molar-refractivity contribution in [1.29, 1.82) is 0 Å². The van der Waals surface area contributed by atoms with E-state index in [1.54, 1.807) is 4.90 Å². The number of benzene rings is 4. The minimum Gasteiger partial charge on any atom is -0.453 e. The number of piperidine rings is 1. The molecule has 0 radical (unpaired) electrons. The first-order valence-electron chi connectivity index (χ1n) is 21.0. The van der Waals surface area contributed by atoms with Crippen molar-refractivity contribution in [2.75, 3.05) is 20.8 Å². The molecular formula is C47H52N8O6. The lowest BCUT2D eigenvalue weighted by Gasteiger charge is -2.36. The van der Waals surface area contributed by atoms with Crippen molar-refractivity contribution in [1.82, 2.24) is 40.4 Å². The third-order valence-electron chi connectivity index (χ3n) is 12.1. The smallest absolute Gasteiger partial charge is 0.407 e. The van der Waals surface area contributed by atoms with Crippen molar-refractivity contribution < 1.29 is 28.7 Å². The molecule has 5 atom stereocenters. The Labute approximate surface area is 354 Å². The number of alkyl carbamates (subject to hydrolysis) is 2. The van der Waals surface area contributed by atoms with Crippen LogP contribution in [0.25, 0.3) is 44.2 Å². The average molecular weight is 825 g/mol. The van der Waals surface area contributed by atoms with Crippen molar-refractivity contribution in [3.63, 3.8) is 0 Å². The van der Waals surface area contributed by atoms with Gasteiger partial charge in [0.05, 0.1) is 49.7 Å². The highest BCUT2D eigenvalue weighted by Gasteiger charge is 2.51. The van der Waals surface area contributed by atoms with Crippen molar-refractivity contribution in [2.24, 2.45) is 11.8 Å². The minimum atomic E-state index is -0.879. The number of nitrogens with zero attached hydrogens (tertiary/aromatic N) is 4. The molecule has 1 unspecified atom stereocenters. The number of ether oxygens (including phenoxy) is 2. The number of hydrogen-bond acceptors (Lipinski definition) is 8. The molecule has 4 amide bonds. The third-order valence-corrected chi connectivity index (χ3v) is 12.1. The predicted octanol–water partition coefficient (Wildman–Crippen LogP) is 8.04. The van der Waals surface area contributed by atoms with Crippen molar-refractivity contribution in [2.45, 2.75) is 77.2 Å². The monoisotopic (exact) mass is 824 g/mol. The van der Waals surface area contributed by atoms with E-state index in [2.05, 4.69) is 69.1 Å². The van der Waals surface area contributed by atoms with Gasteiger partial charge in [-0.15, -0.1) is 0 Å². The summed E-state index contributed by atoms with van der Waals surface area (Å²) in [6.45, 7) is 6.59. The highest BCUT2D eigenvalue weighted by Crippen LogP contribution is 2.50. The Morgan fingerprint density at radius 3 is 2.31 bits per heavy atom. The summed E-state index contributed by atoms with van der Waals surface area (Å²) < 4.78 is 9.67. The molecule has 61 heavy (non-hydrogen) atoms. The number of carbonyl (C=O) groups excluding carboxylic acids is 4. The molecule has 2 bridgehead atoms. The van der Waals surface area contributed by atoms with Gasteiger partial charge in [-0.3, -0.25) is 9.59 Å². The first-order chi connectivity index (χ1) is 29.6. The largest absolute Gasteiger partial charge is 0.453 e. The summed E-state index contributed by atoms with van der Waals surface area (Å²) in [5, 5.41) is 7.53. The van der Waals surface area contributed by atoms with Gasteiger partial charge in [0.2, 0.25) is 5.91 Å². The maximum Gasteiger partial charge on any atom is 0.407 e. The number of rotatable bonds is 13. The molecule has 14 nitrogen and oxygen atoms in total. The van der Waals surface area contributed by atoms with E-state index in [1.165, 1.54) is 14.2 Å². The SMILES string of the molecule is CCCN(Cc1nc2ccc3cc(-c4ccc(-c5cnc(C6[C@H]7CC[C@H](C7)N6C(=O)[C@H](NC(=O)OC)c6ccccc6)[nH]5)cc4)ccc3c2[nH]1)C(=O)[C@@H](NC(=O)OC)C(C)C. The number of carbonyl (C=O) groups is 4. The van der Waals surface area contributed by atoms with E-state index < -0.39 is 24.3 Å². The first kappa shape index (κ1) is 41.1. The van der Waals surface area contributed by atoms with Gasteiger partial charge in [0.15, 0.2) is 0 Å². The molecule has 0 spiro atoms. The molecule has 2 aliphatic rings. The number of amides is 4. The summed E-state index contributed by atoms with van der Waals surface area (Å²) in [7, 11) is 2.58. The fourth-order valence-electron chi connectivity index (χ4n) is 9.12. The Morgan fingerprint density at radius 2 is 1.59 bits per heavy atom. The summed E-state index contributed by atoms with van der Waals surface area (Å²) in [5.74, 6) is 1.20. The van der Waals surface area contributed by atoms with Crippen LogP contribution in [-0.2, 0) is 25.6 Å². The van der Waals surface area contributed by atoms with Crippen LogP contribution in [0.5, 0.6) is 0 Å². The van der Waals surface area contributed by atoms with Crippen LogP contribution in [0, 0.1) is 11.8 Å². The first-order valence-corrected chi connectivity index (χ1v) is 21.0. The Hall–Kier alpha value is -6.70. The zero-order valence-electron chi connectivity index (χ0n) is 35.1. The van der Waals surface area contributed by atoms with Gasteiger partial charge in [-0.1, -0.05) is 93.6 Å². The van der Waals surface area contributed by atoms with E-state index in [4.69, 9.17) is 19.4 Å². The Kier molecular flexibility index (Phi) is 11.8. The van der Waals surface area contributed by atoms with Gasteiger partial charge in [-0.05, 0) is 77.3 Å². The molecule has 1 saturated carbocycles. The van der Waals surface area contributed by atoms with E-state index in [-0.39, 0.29) is 42.3 Å². The van der Waals surface area contributed by atoms with Crippen molar-refractivity contribution >= 4 is 45.8 Å². The van der Waals surface area contributed by atoms with E-state index in [9.17, 15) is 19.2 Å². The molecule has 6 aromatic rings. The number of aromatic amines is 2. The van der Waals surface area contributed by atoms with Crippen LogP contribution in [0.2, 0.25) is 0 Å². The Balaban J connectivity index is 0.993. The standard InChI is InChI=1S/C47H52N8O6/c1-6-22-54(44(56)39(27(2)3)52-46(58)60-4)26-38-49-36-21-18-32-23-31(17-20-35(32)41(36)51-38)28-12-14-29(15-13-28)37-25-48-43(50-37)42-33-16-19-34(24-33)55(42)45(57)40(53-47(59)61-5)30-10-8-7-9-11-30/h7-15,17-18,20-21,23,25,27,33-34,39-40,42H,6,16,19,22,24,26H2,1-5H3,(H,48,50)(H,49,51)(H,52,58)(H,53,59)/t33-,34+,39-,40+,42?/m0/s1. The molecule has 14 heteroatoms. The quantitative estimate of drug-likeness (QED) is 0.0905. The van der Waals surface area contributed by atoms with Gasteiger partial charge < -0.3 is 39.9 Å². The number of hydrogen-bond donors (Lipinski definition) is 4. The molecule has 2 fully saturated rings. The number of imidazole rings is 2. The van der Waals surface area contributed by atoms with E-state index in [0.717, 1.165) is 75.7 Å². The van der Waals surface area contributed by atoms with Crippen LogP contribution in [0.3, 0.4) is 0 Å². The Morgan fingerprint density at radius 1 is 0.869 bits per heavy atom. The number of nitrogens with one attached hydrogen (secondary N) is 4. The number of fused-ring (bicyclic) bond motifs is 5. The highest BCUT2D eigenvalue weighted by molar-refractivity contribution is 6.05. The second-order valence-corrected chi connectivity index (χ2v) is 16.4. The normalized spacial score (nSPS) is 18.0. The van der Waals surface area contributed by atoms with E-state index >= 15 is 0 Å². The van der Waals surface area contributed by atoms with Gasteiger partial charge in [0, 0.05) is 18.0 Å².